The van der Waals surface area contributed by atoms with Crippen LogP contribution in [0.5, 0.6) is 0 Å². The molecule has 0 aliphatic heterocycles. The maximum atomic E-state index is 5.42. The first-order chi connectivity index (χ1) is 6.10. The van der Waals surface area contributed by atoms with Gasteiger partial charge in [0, 0.05) is 0 Å². The van der Waals surface area contributed by atoms with Crippen molar-refractivity contribution in [3.63, 3.8) is 0 Å². The molecular formula is C10H18ClNO. The summed E-state index contributed by atoms with van der Waals surface area (Å²) >= 11 is 5.42. The molecule has 0 bridgehead atoms. The van der Waals surface area contributed by atoms with E-state index in [1.165, 1.54) is 6.42 Å². The number of rotatable bonds is 2. The van der Waals surface area contributed by atoms with Gasteiger partial charge >= 0.3 is 0 Å². The average Bonchev–Trinajstić information content (AvgIpc) is 2.52. The molecule has 1 aromatic rings. The fourth-order valence-electron chi connectivity index (χ4n) is 0.461. The zero-order chi connectivity index (χ0) is 10.3. The monoisotopic (exact) mass is 203 g/mol. The molecule has 13 heavy (non-hydrogen) atoms. The van der Waals surface area contributed by atoms with Gasteiger partial charge < -0.3 is 10.2 Å². The molecule has 0 amide bonds. The van der Waals surface area contributed by atoms with E-state index >= 15 is 0 Å². The van der Waals surface area contributed by atoms with E-state index in [1.54, 1.807) is 12.1 Å². The second kappa shape index (κ2) is 6.98. The molecule has 0 fully saturated rings. The van der Waals surface area contributed by atoms with Gasteiger partial charge in [0.2, 0.25) is 0 Å². The molecule has 0 unspecified atom stereocenters. The second-order valence-corrected chi connectivity index (χ2v) is 3.58. The first-order valence-electron chi connectivity index (χ1n) is 4.54. The van der Waals surface area contributed by atoms with Crippen LogP contribution in [0.15, 0.2) is 16.5 Å². The zero-order valence-electron chi connectivity index (χ0n) is 8.51. The Labute approximate surface area is 85.1 Å². The van der Waals surface area contributed by atoms with Gasteiger partial charge in [-0.25, -0.2) is 0 Å². The molecule has 1 rings (SSSR count). The zero-order valence-corrected chi connectivity index (χ0v) is 9.27. The fourth-order valence-corrected chi connectivity index (χ4v) is 0.624. The number of hydrogen-bond acceptors (Lipinski definition) is 2. The van der Waals surface area contributed by atoms with Crippen molar-refractivity contribution in [1.29, 1.82) is 0 Å². The Kier molecular flexibility index (Phi) is 6.73. The van der Waals surface area contributed by atoms with Crippen LogP contribution in [0.3, 0.4) is 0 Å². The van der Waals surface area contributed by atoms with E-state index in [9.17, 15) is 0 Å². The fraction of sp³-hybridized carbons (Fsp3) is 0.600. The van der Waals surface area contributed by atoms with Crippen molar-refractivity contribution in [3.05, 3.63) is 23.1 Å². The van der Waals surface area contributed by atoms with Gasteiger partial charge in [0.05, 0.1) is 6.54 Å². The summed E-state index contributed by atoms with van der Waals surface area (Å²) in [6.45, 7) is 7.05. The van der Waals surface area contributed by atoms with Gasteiger partial charge in [-0.1, -0.05) is 27.2 Å². The number of hydrogen-bond donors (Lipinski definition) is 1. The Morgan fingerprint density at radius 3 is 2.15 bits per heavy atom. The predicted molar refractivity (Wildman–Crippen MR) is 56.7 cm³/mol. The Balaban J connectivity index is 0.000000252. The average molecular weight is 204 g/mol. The minimum absolute atomic E-state index is 0.394. The molecule has 3 heteroatoms. The molecule has 0 atom stereocenters. The minimum Gasteiger partial charge on any atom is -0.448 e. The quantitative estimate of drug-likeness (QED) is 0.800. The van der Waals surface area contributed by atoms with Gasteiger partial charge in [-0.3, -0.25) is 0 Å². The highest BCUT2D eigenvalue weighted by Crippen LogP contribution is 2.11. The van der Waals surface area contributed by atoms with E-state index in [0.29, 0.717) is 11.8 Å². The highest BCUT2D eigenvalue weighted by molar-refractivity contribution is 6.28. The Bertz CT molecular complexity index is 220. The first-order valence-corrected chi connectivity index (χ1v) is 4.92. The molecular weight excluding hydrogens is 186 g/mol. The molecule has 0 saturated heterocycles. The Morgan fingerprint density at radius 2 is 2.00 bits per heavy atom. The van der Waals surface area contributed by atoms with Crippen molar-refractivity contribution in [2.45, 2.75) is 33.7 Å². The molecule has 0 saturated carbocycles. The SMILES string of the molecule is CCC(C)C.NCc1ccc(Cl)o1. The van der Waals surface area contributed by atoms with E-state index in [1.807, 2.05) is 0 Å². The van der Waals surface area contributed by atoms with E-state index in [2.05, 4.69) is 20.8 Å². The maximum Gasteiger partial charge on any atom is 0.193 e. The normalized spacial score (nSPS) is 9.69. The van der Waals surface area contributed by atoms with Crippen molar-refractivity contribution in [1.82, 2.24) is 0 Å². The lowest BCUT2D eigenvalue weighted by atomic mass is 10.2. The van der Waals surface area contributed by atoms with Gasteiger partial charge in [0.25, 0.3) is 0 Å². The van der Waals surface area contributed by atoms with Gasteiger partial charge in [-0.05, 0) is 29.7 Å². The molecule has 0 radical (unpaired) electrons. The van der Waals surface area contributed by atoms with Crippen molar-refractivity contribution in [2.24, 2.45) is 11.7 Å². The van der Waals surface area contributed by atoms with Crippen LogP contribution in [-0.4, -0.2) is 0 Å². The lowest BCUT2D eigenvalue weighted by Crippen LogP contribution is -1.92. The highest BCUT2D eigenvalue weighted by atomic mass is 35.5. The molecule has 2 N–H and O–H groups in total. The van der Waals surface area contributed by atoms with Crippen LogP contribution in [0.25, 0.3) is 0 Å². The molecule has 0 aliphatic rings. The van der Waals surface area contributed by atoms with Crippen LogP contribution in [0, 0.1) is 5.92 Å². The molecule has 0 aromatic carbocycles. The third-order valence-corrected chi connectivity index (χ3v) is 1.85. The largest absolute Gasteiger partial charge is 0.448 e. The van der Waals surface area contributed by atoms with Gasteiger partial charge in [-0.2, -0.15) is 0 Å². The standard InChI is InChI=1S/C5H6ClNO.C5H12/c6-5-2-1-4(3-7)8-5;1-4-5(2)3/h1-2H,3,7H2;5H,4H2,1-3H3. The summed E-state index contributed by atoms with van der Waals surface area (Å²) in [4.78, 5) is 0. The van der Waals surface area contributed by atoms with Crippen molar-refractivity contribution >= 4 is 11.6 Å². The summed E-state index contributed by atoms with van der Waals surface area (Å²) in [6.07, 6.45) is 1.31. The van der Waals surface area contributed by atoms with E-state index < -0.39 is 0 Å². The van der Waals surface area contributed by atoms with Crippen molar-refractivity contribution < 1.29 is 4.42 Å². The molecule has 0 spiro atoms. The summed E-state index contributed by atoms with van der Waals surface area (Å²) in [5.74, 6) is 1.60. The second-order valence-electron chi connectivity index (χ2n) is 3.21. The summed E-state index contributed by atoms with van der Waals surface area (Å²) < 4.78 is 4.87. The summed E-state index contributed by atoms with van der Waals surface area (Å²) in [5, 5.41) is 0.394. The van der Waals surface area contributed by atoms with Crippen molar-refractivity contribution in [3.8, 4) is 0 Å². The summed E-state index contributed by atoms with van der Waals surface area (Å²) in [6, 6.07) is 3.42. The maximum absolute atomic E-state index is 5.42. The predicted octanol–water partition coefficient (Wildman–Crippen LogP) is 3.44. The lowest BCUT2D eigenvalue weighted by Gasteiger charge is -1.90. The molecule has 1 aromatic heterocycles. The van der Waals surface area contributed by atoms with Crippen LogP contribution >= 0.6 is 11.6 Å². The third kappa shape index (κ3) is 6.67. The topological polar surface area (TPSA) is 39.2 Å². The van der Waals surface area contributed by atoms with Crippen LogP contribution in [0.1, 0.15) is 33.0 Å². The first kappa shape index (κ1) is 12.5. The van der Waals surface area contributed by atoms with Crippen molar-refractivity contribution in [2.75, 3.05) is 0 Å². The third-order valence-electron chi connectivity index (χ3n) is 1.65. The van der Waals surface area contributed by atoms with Crippen LogP contribution in [0.4, 0.5) is 0 Å². The Hall–Kier alpha value is -0.470. The highest BCUT2D eigenvalue weighted by Gasteiger charge is 1.93. The van der Waals surface area contributed by atoms with Crippen LogP contribution in [-0.2, 0) is 6.54 Å². The van der Waals surface area contributed by atoms with Gasteiger partial charge in [0.1, 0.15) is 5.76 Å². The Morgan fingerprint density at radius 1 is 1.46 bits per heavy atom. The lowest BCUT2D eigenvalue weighted by molar-refractivity contribution is 0.514. The minimum atomic E-state index is 0.394. The van der Waals surface area contributed by atoms with E-state index in [-0.39, 0.29) is 0 Å². The molecule has 1 heterocycles. The van der Waals surface area contributed by atoms with E-state index in [0.717, 1.165) is 11.7 Å². The summed E-state index contributed by atoms with van der Waals surface area (Å²) in [7, 11) is 0. The number of halogens is 1. The van der Waals surface area contributed by atoms with Crippen LogP contribution < -0.4 is 5.73 Å². The smallest absolute Gasteiger partial charge is 0.193 e. The van der Waals surface area contributed by atoms with Crippen LogP contribution in [0.2, 0.25) is 5.22 Å². The van der Waals surface area contributed by atoms with Gasteiger partial charge in [-0.15, -0.1) is 0 Å². The summed E-state index contributed by atoms with van der Waals surface area (Å²) in [5.41, 5.74) is 5.21. The molecule has 76 valence electrons. The van der Waals surface area contributed by atoms with E-state index in [4.69, 9.17) is 21.8 Å². The number of nitrogens with two attached hydrogens (primary N) is 1. The molecule has 0 aliphatic carbocycles. The molecule has 2 nitrogen and oxygen atoms in total. The van der Waals surface area contributed by atoms with Gasteiger partial charge in [0.15, 0.2) is 5.22 Å². The number of furan rings is 1.